The van der Waals surface area contributed by atoms with E-state index in [1.165, 1.54) is 26.7 Å². The van der Waals surface area contributed by atoms with E-state index in [1.54, 1.807) is 0 Å². The predicted molar refractivity (Wildman–Crippen MR) is 131 cm³/mol. The molecule has 0 spiro atoms. The number of fused-ring (bicyclic) bond motifs is 7. The van der Waals surface area contributed by atoms with E-state index >= 15 is 0 Å². The number of hydrogen-bond donors (Lipinski definition) is 1. The zero-order chi connectivity index (χ0) is 25.4. The number of ether oxygens (including phenoxy) is 3. The summed E-state index contributed by atoms with van der Waals surface area (Å²) in [5.41, 5.74) is 0.742. The molecular formula is C29H44O6. The second-order valence-corrected chi connectivity index (χ2v) is 13.5. The molecule has 0 aromatic rings. The van der Waals surface area contributed by atoms with Crippen LogP contribution < -0.4 is 0 Å². The van der Waals surface area contributed by atoms with Gasteiger partial charge in [0.1, 0.15) is 6.10 Å². The van der Waals surface area contributed by atoms with Gasteiger partial charge in [-0.15, -0.1) is 0 Å². The molecule has 0 amide bonds. The minimum atomic E-state index is -0.907. The highest BCUT2D eigenvalue weighted by Crippen LogP contribution is 2.74. The van der Waals surface area contributed by atoms with Crippen LogP contribution in [0, 0.1) is 45.3 Å². The molecule has 0 radical (unpaired) electrons. The van der Waals surface area contributed by atoms with Crippen molar-refractivity contribution in [3.05, 3.63) is 11.6 Å². The van der Waals surface area contributed by atoms with Crippen molar-refractivity contribution >= 4 is 11.9 Å². The van der Waals surface area contributed by atoms with Gasteiger partial charge in [-0.05, 0) is 72.7 Å². The van der Waals surface area contributed by atoms with Crippen molar-refractivity contribution in [1.82, 2.24) is 0 Å². The molecule has 0 aromatic carbocycles. The number of aliphatic hydroxyl groups excluding tert-OH is 1. The monoisotopic (exact) mass is 488 g/mol. The average Bonchev–Trinajstić information content (AvgIpc) is 3.14. The van der Waals surface area contributed by atoms with E-state index in [9.17, 15) is 14.7 Å². The number of esters is 2. The van der Waals surface area contributed by atoms with E-state index in [0.717, 1.165) is 37.7 Å². The fourth-order valence-electron chi connectivity index (χ4n) is 10.3. The second kappa shape index (κ2) is 8.31. The quantitative estimate of drug-likeness (QED) is 0.443. The van der Waals surface area contributed by atoms with E-state index in [1.807, 2.05) is 0 Å². The van der Waals surface area contributed by atoms with Gasteiger partial charge in [0.25, 0.3) is 0 Å². The average molecular weight is 489 g/mol. The summed E-state index contributed by atoms with van der Waals surface area (Å²) in [5.74, 6) is 0.239. The Balaban J connectivity index is 1.67. The number of hydrogen-bond acceptors (Lipinski definition) is 6. The van der Waals surface area contributed by atoms with Crippen LogP contribution in [0.15, 0.2) is 11.6 Å². The van der Waals surface area contributed by atoms with Crippen LogP contribution in [0.25, 0.3) is 0 Å². The first-order valence-corrected chi connectivity index (χ1v) is 13.7. The molecule has 5 rings (SSSR count). The highest BCUT2D eigenvalue weighted by Gasteiger charge is 2.71. The van der Waals surface area contributed by atoms with Gasteiger partial charge in [0.15, 0.2) is 6.29 Å². The molecule has 4 fully saturated rings. The largest absolute Gasteiger partial charge is 0.465 e. The minimum Gasteiger partial charge on any atom is -0.465 e. The Morgan fingerprint density at radius 3 is 2.49 bits per heavy atom. The molecule has 5 aliphatic rings. The number of allylic oxidation sites excluding steroid dienone is 1. The van der Waals surface area contributed by atoms with Crippen molar-refractivity contribution in [2.24, 2.45) is 45.3 Å². The molecular weight excluding hydrogens is 444 g/mol. The number of aliphatic hydroxyl groups is 1. The van der Waals surface area contributed by atoms with Crippen molar-refractivity contribution < 1.29 is 28.9 Å². The highest BCUT2D eigenvalue weighted by atomic mass is 16.6. The summed E-state index contributed by atoms with van der Waals surface area (Å²) < 4.78 is 17.8. The summed E-state index contributed by atoms with van der Waals surface area (Å²) in [5, 5.41) is 11.0. The van der Waals surface area contributed by atoms with Gasteiger partial charge in [-0.25, -0.2) is 0 Å². The molecule has 1 heterocycles. The molecule has 6 heteroatoms. The van der Waals surface area contributed by atoms with E-state index in [-0.39, 0.29) is 52.0 Å². The Labute approximate surface area is 210 Å². The summed E-state index contributed by atoms with van der Waals surface area (Å²) in [6.07, 6.45) is 8.31. The third-order valence-electron chi connectivity index (χ3n) is 11.5. The first-order valence-electron chi connectivity index (χ1n) is 13.7. The number of carbonyl (C=O) groups is 2. The first kappa shape index (κ1) is 25.3. The Hall–Kier alpha value is -1.40. The van der Waals surface area contributed by atoms with Gasteiger partial charge < -0.3 is 19.3 Å². The molecule has 1 aliphatic heterocycles. The van der Waals surface area contributed by atoms with Crippen LogP contribution in [0.1, 0.15) is 86.5 Å². The molecule has 0 unspecified atom stereocenters. The first-order chi connectivity index (χ1) is 16.4. The smallest absolute Gasteiger partial charge is 0.302 e. The molecule has 0 bridgehead atoms. The van der Waals surface area contributed by atoms with Gasteiger partial charge in [-0.3, -0.25) is 9.59 Å². The normalized spacial score (nSPS) is 47.9. The van der Waals surface area contributed by atoms with Crippen LogP contribution in [0.4, 0.5) is 0 Å². The third kappa shape index (κ3) is 3.56. The van der Waals surface area contributed by atoms with Crippen molar-refractivity contribution in [3.63, 3.8) is 0 Å². The molecule has 0 aromatic heterocycles. The van der Waals surface area contributed by atoms with Gasteiger partial charge in [0, 0.05) is 30.6 Å². The van der Waals surface area contributed by atoms with Gasteiger partial charge in [-0.2, -0.15) is 0 Å². The molecule has 1 saturated heterocycles. The Morgan fingerprint density at radius 2 is 1.80 bits per heavy atom. The lowest BCUT2D eigenvalue weighted by Gasteiger charge is -2.71. The summed E-state index contributed by atoms with van der Waals surface area (Å²) in [6.45, 7) is 13.3. The zero-order valence-electron chi connectivity index (χ0n) is 22.4. The van der Waals surface area contributed by atoms with Crippen molar-refractivity contribution in [2.75, 3.05) is 13.2 Å². The maximum absolute atomic E-state index is 12.4. The van der Waals surface area contributed by atoms with E-state index in [2.05, 4.69) is 33.8 Å². The van der Waals surface area contributed by atoms with E-state index in [0.29, 0.717) is 19.1 Å². The fraction of sp³-hybridized carbons (Fsp3) is 0.862. The third-order valence-corrected chi connectivity index (χ3v) is 11.5. The predicted octanol–water partition coefficient (Wildman–Crippen LogP) is 5.03. The highest BCUT2D eigenvalue weighted by molar-refractivity contribution is 5.66. The summed E-state index contributed by atoms with van der Waals surface area (Å²) >= 11 is 0. The summed E-state index contributed by atoms with van der Waals surface area (Å²) in [4.78, 5) is 24.6. The molecule has 9 atom stereocenters. The Morgan fingerprint density at radius 1 is 1.06 bits per heavy atom. The van der Waals surface area contributed by atoms with Crippen molar-refractivity contribution in [1.29, 1.82) is 0 Å². The van der Waals surface area contributed by atoms with Crippen LogP contribution >= 0.6 is 0 Å². The molecule has 1 N–H and O–H groups in total. The van der Waals surface area contributed by atoms with Crippen LogP contribution in [0.3, 0.4) is 0 Å². The second-order valence-electron chi connectivity index (χ2n) is 13.5. The zero-order valence-corrected chi connectivity index (χ0v) is 22.4. The van der Waals surface area contributed by atoms with Crippen molar-refractivity contribution in [2.45, 2.75) is 98.9 Å². The van der Waals surface area contributed by atoms with Gasteiger partial charge >= 0.3 is 11.9 Å². The molecule has 4 aliphatic carbocycles. The summed E-state index contributed by atoms with van der Waals surface area (Å²) in [7, 11) is 0. The minimum absolute atomic E-state index is 0.0780. The SMILES string of the molecule is CC(=O)OC[C@@]12CC[C@H]3C(C)(C)CCC[C@]3(C)[C@H]1C[C@@H](OC(C)=O)[C@]1(C)[C@@H]3C(=CC[C@@H]21)CO[C@H]3O. The Kier molecular flexibility index (Phi) is 5.99. The number of carbonyl (C=O) groups excluding carboxylic acids is 2. The Bertz CT molecular complexity index is 924. The van der Waals surface area contributed by atoms with Crippen LogP contribution in [-0.4, -0.2) is 42.7 Å². The molecule has 6 nitrogen and oxygen atoms in total. The maximum atomic E-state index is 12.4. The van der Waals surface area contributed by atoms with E-state index in [4.69, 9.17) is 14.2 Å². The lowest BCUT2D eigenvalue weighted by atomic mass is 9.34. The maximum Gasteiger partial charge on any atom is 0.302 e. The molecule has 3 saturated carbocycles. The van der Waals surface area contributed by atoms with Gasteiger partial charge in [0.2, 0.25) is 0 Å². The standard InChI is InChI=1S/C29H44O6/c1-17(30)34-16-29-13-10-20-26(3,4)11-7-12-27(20,5)22(29)14-23(35-18(2)31)28(6)21(29)9-8-19-15-33-25(32)24(19)28/h8,20-25,32H,7,9-16H2,1-6H3/t20-,21+,22+,23+,24+,25+,27-,28+,29+/m0/s1. The topological polar surface area (TPSA) is 82.1 Å². The van der Waals surface area contributed by atoms with Crippen molar-refractivity contribution in [3.8, 4) is 0 Å². The fourth-order valence-corrected chi connectivity index (χ4v) is 10.3. The van der Waals surface area contributed by atoms with Crippen LogP contribution in [0.2, 0.25) is 0 Å². The van der Waals surface area contributed by atoms with E-state index < -0.39 is 11.7 Å². The van der Waals surface area contributed by atoms with Gasteiger partial charge in [0.05, 0.1) is 13.2 Å². The molecule has 35 heavy (non-hydrogen) atoms. The van der Waals surface area contributed by atoms with Crippen LogP contribution in [-0.2, 0) is 23.8 Å². The lowest BCUT2D eigenvalue weighted by molar-refractivity contribution is -0.266. The van der Waals surface area contributed by atoms with Gasteiger partial charge in [-0.1, -0.05) is 40.2 Å². The van der Waals surface area contributed by atoms with Crippen LogP contribution in [0.5, 0.6) is 0 Å². The molecule has 196 valence electrons. The summed E-state index contributed by atoms with van der Waals surface area (Å²) in [6, 6.07) is 0. The lowest BCUT2D eigenvalue weighted by Crippen LogP contribution is -2.69. The number of rotatable bonds is 3.